The Labute approximate surface area is 191 Å². The Hall–Kier alpha value is -3.74. The predicted octanol–water partition coefficient (Wildman–Crippen LogP) is 5.96. The molecule has 5 nitrogen and oxygen atoms in total. The molecule has 0 saturated carbocycles. The summed E-state index contributed by atoms with van der Waals surface area (Å²) in [7, 11) is -4.53. The molecular formula is C27H20O5S. The highest BCUT2D eigenvalue weighted by molar-refractivity contribution is 7.86. The Morgan fingerprint density at radius 1 is 0.818 bits per heavy atom. The highest BCUT2D eigenvalue weighted by Gasteiger charge is 2.21. The van der Waals surface area contributed by atoms with Crippen molar-refractivity contribution in [2.24, 2.45) is 0 Å². The molecule has 0 aliphatic heterocycles. The topological polar surface area (TPSA) is 84.6 Å². The van der Waals surface area contributed by atoms with E-state index in [1.807, 2.05) is 12.1 Å². The first kappa shape index (κ1) is 21.1. The monoisotopic (exact) mass is 456 g/mol. The van der Waals surface area contributed by atoms with Crippen molar-refractivity contribution in [2.75, 3.05) is 0 Å². The molecular weight excluding hydrogens is 436 g/mol. The normalized spacial score (nSPS) is 11.8. The van der Waals surface area contributed by atoms with Crippen LogP contribution in [0.2, 0.25) is 0 Å². The Balaban J connectivity index is 1.58. The average molecular weight is 457 g/mol. The molecule has 33 heavy (non-hydrogen) atoms. The van der Waals surface area contributed by atoms with Gasteiger partial charge >= 0.3 is 0 Å². The van der Waals surface area contributed by atoms with Gasteiger partial charge in [-0.3, -0.25) is 9.35 Å². The van der Waals surface area contributed by atoms with Gasteiger partial charge in [-0.1, -0.05) is 48.0 Å². The molecule has 0 aliphatic rings. The van der Waals surface area contributed by atoms with Crippen molar-refractivity contribution in [2.45, 2.75) is 18.2 Å². The van der Waals surface area contributed by atoms with Crippen molar-refractivity contribution in [3.63, 3.8) is 0 Å². The molecule has 1 N–H and O–H groups in total. The van der Waals surface area contributed by atoms with E-state index >= 15 is 0 Å². The van der Waals surface area contributed by atoms with Gasteiger partial charge in [0.25, 0.3) is 10.1 Å². The van der Waals surface area contributed by atoms with E-state index in [0.29, 0.717) is 16.7 Å². The van der Waals surface area contributed by atoms with Gasteiger partial charge in [-0.15, -0.1) is 0 Å². The first-order valence-corrected chi connectivity index (χ1v) is 11.9. The quantitative estimate of drug-likeness (QED) is 0.260. The zero-order chi connectivity index (χ0) is 23.2. The van der Waals surface area contributed by atoms with E-state index in [0.717, 1.165) is 22.8 Å². The molecule has 5 rings (SSSR count). The molecule has 1 heterocycles. The first-order chi connectivity index (χ1) is 15.8. The Bertz CT molecular complexity index is 1630. The highest BCUT2D eigenvalue weighted by atomic mass is 32.2. The van der Waals surface area contributed by atoms with Gasteiger partial charge in [-0.05, 0) is 66.9 Å². The Morgan fingerprint density at radius 2 is 1.45 bits per heavy atom. The second-order valence-electron chi connectivity index (χ2n) is 8.11. The van der Waals surface area contributed by atoms with Gasteiger partial charge in [0.2, 0.25) is 0 Å². The third kappa shape index (κ3) is 4.06. The zero-order valence-electron chi connectivity index (χ0n) is 17.8. The van der Waals surface area contributed by atoms with Gasteiger partial charge in [0, 0.05) is 21.9 Å². The van der Waals surface area contributed by atoms with Gasteiger partial charge in [0.05, 0.1) is 0 Å². The fourth-order valence-corrected chi connectivity index (χ4v) is 4.74. The average Bonchev–Trinajstić information content (AvgIpc) is 3.17. The van der Waals surface area contributed by atoms with Crippen molar-refractivity contribution in [1.29, 1.82) is 0 Å². The number of furan rings is 1. The molecule has 0 amide bonds. The molecule has 1 aromatic heterocycles. The van der Waals surface area contributed by atoms with Crippen molar-refractivity contribution < 1.29 is 22.2 Å². The number of ketones is 1. The summed E-state index contributed by atoms with van der Waals surface area (Å²) < 4.78 is 38.9. The van der Waals surface area contributed by atoms with E-state index in [1.54, 1.807) is 24.3 Å². The lowest BCUT2D eigenvalue weighted by Gasteiger charge is -2.06. The van der Waals surface area contributed by atoms with Crippen molar-refractivity contribution in [3.8, 4) is 0 Å². The lowest BCUT2D eigenvalue weighted by atomic mass is 9.99. The van der Waals surface area contributed by atoms with Crippen LogP contribution in [0.5, 0.6) is 0 Å². The minimum atomic E-state index is -4.53. The summed E-state index contributed by atoms with van der Waals surface area (Å²) >= 11 is 0. The first-order valence-electron chi connectivity index (χ1n) is 10.4. The van der Waals surface area contributed by atoms with E-state index in [1.165, 1.54) is 29.3 Å². The largest absolute Gasteiger partial charge is 0.456 e. The predicted molar refractivity (Wildman–Crippen MR) is 127 cm³/mol. The number of hydrogen-bond donors (Lipinski definition) is 1. The second-order valence-corrected chi connectivity index (χ2v) is 9.50. The van der Waals surface area contributed by atoms with Gasteiger partial charge in [-0.2, -0.15) is 8.42 Å². The molecule has 0 unspecified atom stereocenters. The standard InChI is InChI=1S/C27H20O5S/c1-17-6-8-18(9-7-17)14-19-10-12-24-22(15-19)23-16-20(11-13-25(23)32-24)27(28)21-4-2-3-5-26(21)33(29,30)31/h2-13,15-16H,14H2,1H3,(H,29,30,31). The molecule has 0 fully saturated rings. The van der Waals surface area contributed by atoms with Gasteiger partial charge < -0.3 is 4.42 Å². The lowest BCUT2D eigenvalue weighted by molar-refractivity contribution is 0.103. The minimum absolute atomic E-state index is 0.0767. The van der Waals surface area contributed by atoms with Crippen LogP contribution in [0.4, 0.5) is 0 Å². The van der Waals surface area contributed by atoms with E-state index in [9.17, 15) is 17.8 Å². The summed E-state index contributed by atoms with van der Waals surface area (Å²) in [6.07, 6.45) is 0.767. The second kappa shape index (κ2) is 7.99. The highest BCUT2D eigenvalue weighted by Crippen LogP contribution is 2.32. The third-order valence-electron chi connectivity index (χ3n) is 5.73. The van der Waals surface area contributed by atoms with E-state index in [2.05, 4.69) is 37.3 Å². The van der Waals surface area contributed by atoms with Crippen LogP contribution in [0, 0.1) is 6.92 Å². The van der Waals surface area contributed by atoms with Gasteiger partial charge in [-0.25, -0.2) is 0 Å². The van der Waals surface area contributed by atoms with Crippen LogP contribution in [0.1, 0.15) is 32.6 Å². The van der Waals surface area contributed by atoms with Crippen LogP contribution < -0.4 is 0 Å². The Kier molecular flexibility index (Phi) is 5.12. The van der Waals surface area contributed by atoms with E-state index in [4.69, 9.17) is 4.42 Å². The van der Waals surface area contributed by atoms with Crippen LogP contribution in [-0.2, 0) is 16.5 Å². The fraction of sp³-hybridized carbons (Fsp3) is 0.0741. The number of rotatable bonds is 5. The summed E-state index contributed by atoms with van der Waals surface area (Å²) in [6.45, 7) is 2.06. The summed E-state index contributed by atoms with van der Waals surface area (Å²) in [5, 5.41) is 1.65. The molecule has 5 aromatic rings. The number of carbonyl (C=O) groups is 1. The van der Waals surface area contributed by atoms with Gasteiger partial charge in [0.1, 0.15) is 16.1 Å². The SMILES string of the molecule is Cc1ccc(Cc2ccc3oc4ccc(C(=O)c5ccccc5S(=O)(=O)O)cc4c3c2)cc1. The van der Waals surface area contributed by atoms with Crippen LogP contribution in [0.15, 0.2) is 94.2 Å². The number of aryl methyl sites for hydroxylation is 1. The van der Waals surface area contributed by atoms with Crippen molar-refractivity contribution in [1.82, 2.24) is 0 Å². The molecule has 0 bridgehead atoms. The van der Waals surface area contributed by atoms with E-state index < -0.39 is 20.8 Å². The molecule has 0 spiro atoms. The maximum Gasteiger partial charge on any atom is 0.295 e. The van der Waals surface area contributed by atoms with Gasteiger partial charge in [0.15, 0.2) is 5.78 Å². The van der Waals surface area contributed by atoms with Crippen molar-refractivity contribution in [3.05, 3.63) is 113 Å². The summed E-state index contributed by atoms with van der Waals surface area (Å²) in [6, 6.07) is 25.0. The van der Waals surface area contributed by atoms with E-state index in [-0.39, 0.29) is 5.56 Å². The molecule has 6 heteroatoms. The van der Waals surface area contributed by atoms with Crippen LogP contribution in [0.3, 0.4) is 0 Å². The zero-order valence-corrected chi connectivity index (χ0v) is 18.6. The molecule has 0 saturated heterocycles. The molecule has 0 atom stereocenters. The smallest absolute Gasteiger partial charge is 0.295 e. The molecule has 4 aromatic carbocycles. The fourth-order valence-electron chi connectivity index (χ4n) is 4.05. The summed E-state index contributed by atoms with van der Waals surface area (Å²) in [5.74, 6) is -0.490. The van der Waals surface area contributed by atoms with Crippen molar-refractivity contribution >= 4 is 37.8 Å². The molecule has 0 radical (unpaired) electrons. The number of fused-ring (bicyclic) bond motifs is 3. The number of benzene rings is 4. The molecule has 164 valence electrons. The summed E-state index contributed by atoms with van der Waals surface area (Å²) in [5.41, 5.74) is 5.10. The van der Waals surface area contributed by atoms with Crippen LogP contribution in [0.25, 0.3) is 21.9 Å². The number of carbonyl (C=O) groups excluding carboxylic acids is 1. The lowest BCUT2D eigenvalue weighted by Crippen LogP contribution is -2.09. The maximum atomic E-state index is 13.1. The van der Waals surface area contributed by atoms with Crippen LogP contribution >= 0.6 is 0 Å². The van der Waals surface area contributed by atoms with Crippen LogP contribution in [-0.4, -0.2) is 18.8 Å². The minimum Gasteiger partial charge on any atom is -0.456 e. The number of hydrogen-bond acceptors (Lipinski definition) is 4. The molecule has 0 aliphatic carbocycles. The third-order valence-corrected chi connectivity index (χ3v) is 6.65. The summed E-state index contributed by atoms with van der Waals surface area (Å²) in [4.78, 5) is 12.7. The Morgan fingerprint density at radius 3 is 2.18 bits per heavy atom. The maximum absolute atomic E-state index is 13.1.